The van der Waals surface area contributed by atoms with Crippen LogP contribution in [0.25, 0.3) is 0 Å². The van der Waals surface area contributed by atoms with Crippen molar-refractivity contribution in [3.05, 3.63) is 50.8 Å². The zero-order chi connectivity index (χ0) is 20.5. The van der Waals surface area contributed by atoms with Crippen LogP contribution in [0.15, 0.2) is 34.1 Å². The summed E-state index contributed by atoms with van der Waals surface area (Å²) < 4.78 is 0. The van der Waals surface area contributed by atoms with E-state index in [0.29, 0.717) is 12.1 Å². The molecule has 7 nitrogen and oxygen atoms in total. The number of nitrogens with two attached hydrogens (primary N) is 1. The van der Waals surface area contributed by atoms with Crippen LogP contribution in [-0.2, 0) is 10.2 Å². The third kappa shape index (κ3) is 9.28. The van der Waals surface area contributed by atoms with Gasteiger partial charge in [-0.1, -0.05) is 39.2 Å². The van der Waals surface area contributed by atoms with Crippen molar-refractivity contribution in [3.8, 4) is 0 Å². The molecule has 1 rings (SSSR count). The molecule has 0 saturated carbocycles. The Kier molecular flexibility index (Phi) is 8.56. The van der Waals surface area contributed by atoms with Crippen molar-refractivity contribution >= 4 is 5.91 Å². The number of amides is 1. The van der Waals surface area contributed by atoms with Gasteiger partial charge in [0.1, 0.15) is 0 Å². The Morgan fingerprint density at radius 3 is 2.52 bits per heavy atom. The van der Waals surface area contributed by atoms with Gasteiger partial charge in [-0.3, -0.25) is 14.4 Å². The average molecular weight is 377 g/mol. The van der Waals surface area contributed by atoms with Crippen LogP contribution in [0.4, 0.5) is 0 Å². The first-order valence-electron chi connectivity index (χ1n) is 9.37. The van der Waals surface area contributed by atoms with Gasteiger partial charge in [-0.25, -0.2) is 4.98 Å². The zero-order valence-corrected chi connectivity index (χ0v) is 16.8. The van der Waals surface area contributed by atoms with Gasteiger partial charge in [-0.05, 0) is 32.8 Å². The molecule has 0 atom stereocenters. The van der Waals surface area contributed by atoms with Crippen LogP contribution in [0.2, 0.25) is 0 Å². The van der Waals surface area contributed by atoms with E-state index in [9.17, 15) is 14.4 Å². The average Bonchev–Trinajstić information content (AvgIpc) is 2.73. The SMILES string of the molecule is CC(C)(N)CCCCCCNC(=O)/C=C/C(C)(C)c1c[nH]c(=O)cnc1=O. The fraction of sp³-hybridized carbons (Fsp3) is 0.600. The molecular formula is C20H32N4O3. The lowest BCUT2D eigenvalue weighted by Gasteiger charge is -2.18. The topological polar surface area (TPSA) is 118 Å². The number of allylic oxidation sites excluding steroid dienone is 1. The van der Waals surface area contributed by atoms with Crippen LogP contribution in [0, 0.1) is 0 Å². The summed E-state index contributed by atoms with van der Waals surface area (Å²) in [5.74, 6) is -0.208. The van der Waals surface area contributed by atoms with Gasteiger partial charge in [0.05, 0.1) is 6.20 Å². The lowest BCUT2D eigenvalue weighted by molar-refractivity contribution is -0.116. The molecule has 0 bridgehead atoms. The number of nitrogens with one attached hydrogen (secondary N) is 2. The quantitative estimate of drug-likeness (QED) is 0.425. The summed E-state index contributed by atoms with van der Waals surface area (Å²) in [4.78, 5) is 41.3. The molecule has 1 aromatic rings. The van der Waals surface area contributed by atoms with Gasteiger partial charge in [0.2, 0.25) is 5.91 Å². The van der Waals surface area contributed by atoms with E-state index in [1.165, 1.54) is 12.3 Å². The minimum atomic E-state index is -0.738. The second-order valence-electron chi connectivity index (χ2n) is 8.13. The van der Waals surface area contributed by atoms with Gasteiger partial charge in [0.15, 0.2) is 0 Å². The molecule has 0 spiro atoms. The van der Waals surface area contributed by atoms with Gasteiger partial charge in [0.25, 0.3) is 11.1 Å². The van der Waals surface area contributed by atoms with E-state index in [4.69, 9.17) is 5.73 Å². The maximum absolute atomic E-state index is 12.0. The molecule has 150 valence electrons. The molecule has 0 fully saturated rings. The number of rotatable bonds is 10. The number of unbranched alkanes of at least 4 members (excludes halogenated alkanes) is 3. The van der Waals surface area contributed by atoms with Crippen molar-refractivity contribution < 1.29 is 4.79 Å². The van der Waals surface area contributed by atoms with Crippen molar-refractivity contribution in [2.24, 2.45) is 5.73 Å². The monoisotopic (exact) mass is 376 g/mol. The summed E-state index contributed by atoms with van der Waals surface area (Å²) in [5, 5.41) is 2.84. The molecular weight excluding hydrogens is 344 g/mol. The molecule has 1 amide bonds. The van der Waals surface area contributed by atoms with Gasteiger partial charge in [-0.2, -0.15) is 0 Å². The fourth-order valence-electron chi connectivity index (χ4n) is 2.59. The first kappa shape index (κ1) is 22.8. The first-order valence-corrected chi connectivity index (χ1v) is 9.37. The van der Waals surface area contributed by atoms with Crippen molar-refractivity contribution in [2.45, 2.75) is 70.8 Å². The van der Waals surface area contributed by atoms with Gasteiger partial charge >= 0.3 is 0 Å². The number of carbonyl (C=O) groups excluding carboxylic acids is 1. The molecule has 0 aliphatic rings. The summed E-state index contributed by atoms with van der Waals surface area (Å²) in [6.45, 7) is 8.23. The molecule has 4 N–H and O–H groups in total. The van der Waals surface area contributed by atoms with Gasteiger partial charge in [-0.15, -0.1) is 0 Å². The van der Waals surface area contributed by atoms with Crippen LogP contribution < -0.4 is 22.2 Å². The minimum absolute atomic E-state index is 0.117. The van der Waals surface area contributed by atoms with Crippen molar-refractivity contribution in [3.63, 3.8) is 0 Å². The highest BCUT2D eigenvalue weighted by molar-refractivity contribution is 5.87. The molecule has 1 aromatic heterocycles. The number of carbonyl (C=O) groups is 1. The van der Waals surface area contributed by atoms with Gasteiger partial charge in [0, 0.05) is 29.3 Å². The maximum Gasteiger partial charge on any atom is 0.275 e. The van der Waals surface area contributed by atoms with E-state index in [-0.39, 0.29) is 11.4 Å². The van der Waals surface area contributed by atoms with E-state index < -0.39 is 16.5 Å². The Hall–Kier alpha value is -2.28. The summed E-state index contributed by atoms with van der Waals surface area (Å²) in [7, 11) is 0. The third-order valence-corrected chi connectivity index (χ3v) is 4.28. The molecule has 0 aromatic carbocycles. The van der Waals surface area contributed by atoms with Crippen LogP contribution in [0.1, 0.15) is 65.4 Å². The number of nitrogens with zero attached hydrogens (tertiary/aromatic N) is 1. The molecule has 0 aliphatic heterocycles. The summed E-state index contributed by atoms with van der Waals surface area (Å²) >= 11 is 0. The third-order valence-electron chi connectivity index (χ3n) is 4.28. The lowest BCUT2D eigenvalue weighted by atomic mass is 9.86. The standard InChI is InChI=1S/C20H32N4O3/c1-19(2,15-13-23-17(26)14-24-18(15)27)11-9-16(25)22-12-8-6-5-7-10-20(3,4)21/h9,11,13-14H,5-8,10,12,21H2,1-4H3,(H,22,25)(H,23,26)/b11-9+. The number of aromatic nitrogens is 2. The lowest BCUT2D eigenvalue weighted by Crippen LogP contribution is -2.31. The number of aromatic amines is 1. The molecule has 0 aliphatic carbocycles. The predicted octanol–water partition coefficient (Wildman–Crippen LogP) is 1.77. The summed E-state index contributed by atoms with van der Waals surface area (Å²) in [5.41, 5.74) is 4.46. The van der Waals surface area contributed by atoms with E-state index in [2.05, 4.69) is 15.3 Å². The molecule has 27 heavy (non-hydrogen) atoms. The second kappa shape index (κ2) is 10.2. The normalized spacial score (nSPS) is 12.3. The minimum Gasteiger partial charge on any atom is -0.353 e. The predicted molar refractivity (Wildman–Crippen MR) is 108 cm³/mol. The molecule has 0 unspecified atom stereocenters. The maximum atomic E-state index is 12.0. The van der Waals surface area contributed by atoms with Crippen LogP contribution in [0.5, 0.6) is 0 Å². The van der Waals surface area contributed by atoms with Gasteiger partial charge < -0.3 is 16.0 Å². The van der Waals surface area contributed by atoms with Crippen molar-refractivity contribution in [2.75, 3.05) is 6.54 Å². The zero-order valence-electron chi connectivity index (χ0n) is 16.8. The highest BCUT2D eigenvalue weighted by atomic mass is 16.1. The second-order valence-corrected chi connectivity index (χ2v) is 8.13. The largest absolute Gasteiger partial charge is 0.353 e. The number of hydrogen-bond acceptors (Lipinski definition) is 5. The Bertz CT molecular complexity index is 761. The Morgan fingerprint density at radius 2 is 1.85 bits per heavy atom. The summed E-state index contributed by atoms with van der Waals surface area (Å²) in [6.07, 6.45) is 10.5. The number of H-pyrrole nitrogens is 1. The first-order chi connectivity index (χ1) is 12.5. The van der Waals surface area contributed by atoms with Crippen LogP contribution in [-0.4, -0.2) is 28.0 Å². The smallest absolute Gasteiger partial charge is 0.275 e. The van der Waals surface area contributed by atoms with Crippen LogP contribution >= 0.6 is 0 Å². The van der Waals surface area contributed by atoms with Crippen LogP contribution in [0.3, 0.4) is 0 Å². The molecule has 0 saturated heterocycles. The van der Waals surface area contributed by atoms with Crippen molar-refractivity contribution in [1.82, 2.24) is 15.3 Å². The highest BCUT2D eigenvalue weighted by Gasteiger charge is 2.21. The highest BCUT2D eigenvalue weighted by Crippen LogP contribution is 2.20. The van der Waals surface area contributed by atoms with Crippen molar-refractivity contribution in [1.29, 1.82) is 0 Å². The molecule has 1 heterocycles. The summed E-state index contributed by atoms with van der Waals surface area (Å²) in [6, 6.07) is 0. The Morgan fingerprint density at radius 1 is 1.19 bits per heavy atom. The van der Waals surface area contributed by atoms with E-state index in [1.54, 1.807) is 19.9 Å². The number of hydrogen-bond donors (Lipinski definition) is 3. The Labute approximate surface area is 160 Å². The fourth-order valence-corrected chi connectivity index (χ4v) is 2.59. The van der Waals surface area contributed by atoms with E-state index >= 15 is 0 Å². The molecule has 7 heteroatoms. The Balaban J connectivity index is 2.45. The van der Waals surface area contributed by atoms with E-state index in [0.717, 1.165) is 38.3 Å². The molecule has 0 radical (unpaired) electrons. The van der Waals surface area contributed by atoms with E-state index in [1.807, 2.05) is 13.8 Å².